The Bertz CT molecular complexity index is 711. The normalized spacial score (nSPS) is 13.0. The van der Waals surface area contributed by atoms with Crippen molar-refractivity contribution in [1.82, 2.24) is 9.55 Å². The van der Waals surface area contributed by atoms with Gasteiger partial charge >= 0.3 is 0 Å². The Morgan fingerprint density at radius 1 is 1.32 bits per heavy atom. The number of hydrogen-bond donors (Lipinski definition) is 1. The highest BCUT2D eigenvalue weighted by Gasteiger charge is 2.16. The highest BCUT2D eigenvalue weighted by molar-refractivity contribution is 5.75. The van der Waals surface area contributed by atoms with E-state index >= 15 is 0 Å². The Hall–Kier alpha value is -2.07. The molecule has 0 radical (unpaired) electrons. The number of imidazole rings is 1. The number of nitrogens with zero attached hydrogens (tertiary/aromatic N) is 2. The lowest BCUT2D eigenvalue weighted by atomic mass is 10.1. The van der Waals surface area contributed by atoms with Crippen LogP contribution in [0.4, 0.5) is 0 Å². The largest absolute Gasteiger partial charge is 0.467 e. The predicted molar refractivity (Wildman–Crippen MR) is 74.8 cm³/mol. The van der Waals surface area contributed by atoms with Crippen LogP contribution >= 0.6 is 0 Å². The fourth-order valence-corrected chi connectivity index (χ4v) is 2.43. The second-order valence-corrected chi connectivity index (χ2v) is 4.85. The van der Waals surface area contributed by atoms with Crippen molar-refractivity contribution in [3.8, 4) is 0 Å². The Kier molecular flexibility index (Phi) is 2.87. The van der Waals surface area contributed by atoms with Crippen molar-refractivity contribution in [1.29, 1.82) is 0 Å². The zero-order valence-electron chi connectivity index (χ0n) is 11.1. The lowest BCUT2D eigenvalue weighted by Gasteiger charge is -2.10. The van der Waals surface area contributed by atoms with E-state index in [1.165, 1.54) is 0 Å². The van der Waals surface area contributed by atoms with E-state index in [2.05, 4.69) is 15.6 Å². The first-order valence-electron chi connectivity index (χ1n) is 6.36. The summed E-state index contributed by atoms with van der Waals surface area (Å²) in [6.45, 7) is 2.01. The quantitative estimate of drug-likeness (QED) is 0.783. The maximum absolute atomic E-state index is 6.22. The molecule has 0 bridgehead atoms. The number of furan rings is 1. The van der Waals surface area contributed by atoms with Gasteiger partial charge in [-0.2, -0.15) is 0 Å². The fraction of sp³-hybridized carbons (Fsp3) is 0.267. The molecule has 2 aromatic heterocycles. The minimum absolute atomic E-state index is 0.162. The molecule has 0 saturated carbocycles. The van der Waals surface area contributed by atoms with Gasteiger partial charge in [0, 0.05) is 13.5 Å². The monoisotopic (exact) mass is 255 g/mol. The standard InChI is InChI=1S/C15H17N3O/c1-10-7-8-19-15(10)11(16)9-14-17-12-5-3-4-6-13(12)18(14)2/h3-8,11H,9,16H2,1-2H3. The van der Waals surface area contributed by atoms with E-state index < -0.39 is 0 Å². The number of para-hydroxylation sites is 2. The minimum atomic E-state index is -0.162. The zero-order chi connectivity index (χ0) is 13.4. The van der Waals surface area contributed by atoms with Gasteiger partial charge in [0.2, 0.25) is 0 Å². The molecular weight excluding hydrogens is 238 g/mol. The molecule has 0 aliphatic carbocycles. The summed E-state index contributed by atoms with van der Waals surface area (Å²) in [7, 11) is 2.02. The van der Waals surface area contributed by atoms with Crippen LogP contribution in [0.5, 0.6) is 0 Å². The molecule has 0 fully saturated rings. The van der Waals surface area contributed by atoms with Crippen molar-refractivity contribution in [3.63, 3.8) is 0 Å². The molecule has 1 atom stereocenters. The highest BCUT2D eigenvalue weighted by atomic mass is 16.3. The van der Waals surface area contributed by atoms with Crippen LogP contribution in [0, 0.1) is 6.92 Å². The molecule has 4 nitrogen and oxygen atoms in total. The summed E-state index contributed by atoms with van der Waals surface area (Å²) in [6, 6.07) is 9.87. The summed E-state index contributed by atoms with van der Waals surface area (Å²) in [5.41, 5.74) is 9.43. The van der Waals surface area contributed by atoms with Crippen LogP contribution in [-0.4, -0.2) is 9.55 Å². The Morgan fingerprint density at radius 3 is 2.79 bits per heavy atom. The molecule has 4 heteroatoms. The Morgan fingerprint density at radius 2 is 2.11 bits per heavy atom. The number of nitrogens with two attached hydrogens (primary N) is 1. The Labute approximate surface area is 111 Å². The van der Waals surface area contributed by atoms with E-state index in [-0.39, 0.29) is 6.04 Å². The number of aromatic nitrogens is 2. The SMILES string of the molecule is Cc1ccoc1C(N)Cc1nc2ccccc2n1C. The molecule has 0 saturated heterocycles. The molecule has 19 heavy (non-hydrogen) atoms. The van der Waals surface area contributed by atoms with E-state index in [0.717, 1.165) is 28.2 Å². The first-order chi connectivity index (χ1) is 9.16. The van der Waals surface area contributed by atoms with Crippen molar-refractivity contribution >= 4 is 11.0 Å². The van der Waals surface area contributed by atoms with Crippen molar-refractivity contribution < 1.29 is 4.42 Å². The average molecular weight is 255 g/mol. The van der Waals surface area contributed by atoms with Gasteiger partial charge < -0.3 is 14.7 Å². The molecule has 0 aliphatic rings. The van der Waals surface area contributed by atoms with Crippen LogP contribution in [0.2, 0.25) is 0 Å². The summed E-state index contributed by atoms with van der Waals surface area (Å²) in [6.07, 6.45) is 2.35. The van der Waals surface area contributed by atoms with Gasteiger partial charge in [0.25, 0.3) is 0 Å². The van der Waals surface area contributed by atoms with Crippen molar-refractivity contribution in [3.05, 3.63) is 53.7 Å². The molecule has 1 unspecified atom stereocenters. The number of hydrogen-bond acceptors (Lipinski definition) is 3. The summed E-state index contributed by atoms with van der Waals surface area (Å²) in [5.74, 6) is 1.82. The molecule has 2 heterocycles. The first kappa shape index (κ1) is 12.0. The predicted octanol–water partition coefficient (Wildman–Crippen LogP) is 2.72. The van der Waals surface area contributed by atoms with Gasteiger partial charge in [-0.15, -0.1) is 0 Å². The van der Waals surface area contributed by atoms with Gasteiger partial charge in [-0.3, -0.25) is 0 Å². The van der Waals surface area contributed by atoms with Gasteiger partial charge in [-0.05, 0) is 30.7 Å². The van der Waals surface area contributed by atoms with Crippen LogP contribution in [0.25, 0.3) is 11.0 Å². The third kappa shape index (κ3) is 2.04. The zero-order valence-corrected chi connectivity index (χ0v) is 11.1. The van der Waals surface area contributed by atoms with Gasteiger partial charge in [0.15, 0.2) is 0 Å². The second-order valence-electron chi connectivity index (χ2n) is 4.85. The lowest BCUT2D eigenvalue weighted by molar-refractivity contribution is 0.456. The van der Waals surface area contributed by atoms with E-state index in [1.807, 2.05) is 38.2 Å². The lowest BCUT2D eigenvalue weighted by Crippen LogP contribution is -2.16. The molecule has 0 amide bonds. The number of benzene rings is 1. The van der Waals surface area contributed by atoms with E-state index in [1.54, 1.807) is 6.26 Å². The van der Waals surface area contributed by atoms with Gasteiger partial charge in [0.1, 0.15) is 11.6 Å². The third-order valence-corrected chi connectivity index (χ3v) is 3.52. The molecule has 3 aromatic rings. The van der Waals surface area contributed by atoms with Gasteiger partial charge in [0.05, 0.1) is 23.3 Å². The minimum Gasteiger partial charge on any atom is -0.467 e. The second kappa shape index (κ2) is 4.55. The Balaban J connectivity index is 1.93. The molecule has 0 spiro atoms. The smallest absolute Gasteiger partial charge is 0.123 e. The molecule has 3 rings (SSSR count). The molecule has 98 valence electrons. The number of fused-ring (bicyclic) bond motifs is 1. The van der Waals surface area contributed by atoms with Gasteiger partial charge in [-0.25, -0.2) is 4.98 Å². The highest BCUT2D eigenvalue weighted by Crippen LogP contribution is 2.22. The number of rotatable bonds is 3. The van der Waals surface area contributed by atoms with Crippen LogP contribution in [-0.2, 0) is 13.5 Å². The fourth-order valence-electron chi connectivity index (χ4n) is 2.43. The molecule has 1 aromatic carbocycles. The van der Waals surface area contributed by atoms with Crippen molar-refractivity contribution in [2.45, 2.75) is 19.4 Å². The van der Waals surface area contributed by atoms with E-state index in [9.17, 15) is 0 Å². The van der Waals surface area contributed by atoms with Crippen LogP contribution in [0.15, 0.2) is 41.0 Å². The molecular formula is C15H17N3O. The summed E-state index contributed by atoms with van der Waals surface area (Å²) >= 11 is 0. The third-order valence-electron chi connectivity index (χ3n) is 3.52. The average Bonchev–Trinajstić information content (AvgIpc) is 2.95. The summed E-state index contributed by atoms with van der Waals surface area (Å²) in [4.78, 5) is 4.63. The van der Waals surface area contributed by atoms with Crippen LogP contribution in [0.3, 0.4) is 0 Å². The van der Waals surface area contributed by atoms with Gasteiger partial charge in [-0.1, -0.05) is 12.1 Å². The summed E-state index contributed by atoms with van der Waals surface area (Å²) < 4.78 is 7.54. The van der Waals surface area contributed by atoms with Crippen molar-refractivity contribution in [2.75, 3.05) is 0 Å². The van der Waals surface area contributed by atoms with Crippen LogP contribution in [0.1, 0.15) is 23.2 Å². The number of aryl methyl sites for hydroxylation is 2. The molecule has 2 N–H and O–H groups in total. The van der Waals surface area contributed by atoms with Crippen molar-refractivity contribution in [2.24, 2.45) is 12.8 Å². The topological polar surface area (TPSA) is 57.0 Å². The van der Waals surface area contributed by atoms with Crippen LogP contribution < -0.4 is 5.73 Å². The first-order valence-corrected chi connectivity index (χ1v) is 6.36. The summed E-state index contributed by atoms with van der Waals surface area (Å²) in [5, 5.41) is 0. The maximum Gasteiger partial charge on any atom is 0.123 e. The maximum atomic E-state index is 6.22. The molecule has 0 aliphatic heterocycles. The van der Waals surface area contributed by atoms with E-state index in [4.69, 9.17) is 10.2 Å². The van der Waals surface area contributed by atoms with E-state index in [0.29, 0.717) is 6.42 Å².